The Morgan fingerprint density at radius 3 is 2.38 bits per heavy atom. The average molecular weight is 288 g/mol. The van der Waals surface area contributed by atoms with Gasteiger partial charge in [0.25, 0.3) is 0 Å². The standard InChI is InChI=1S/C15H21BN2O3/c1-3-14-13(15(4-2)21-18-14)10-17-9-11-5-7-12(8-6-11)16(19)20/h5-8,17,19-20H,3-4,9-10H2,1-2H3. The Bertz CT molecular complexity index is 545. The maximum atomic E-state index is 9.05. The predicted octanol–water partition coefficient (Wildman–Crippen LogP) is 0.769. The summed E-state index contributed by atoms with van der Waals surface area (Å²) in [5.41, 5.74) is 3.76. The van der Waals surface area contributed by atoms with Crippen molar-refractivity contribution in [2.45, 2.75) is 39.8 Å². The van der Waals surface area contributed by atoms with Gasteiger partial charge in [0.15, 0.2) is 0 Å². The van der Waals surface area contributed by atoms with Crippen molar-refractivity contribution in [2.75, 3.05) is 0 Å². The van der Waals surface area contributed by atoms with Gasteiger partial charge in [-0.25, -0.2) is 0 Å². The van der Waals surface area contributed by atoms with Crippen molar-refractivity contribution in [3.63, 3.8) is 0 Å². The molecule has 0 unspecified atom stereocenters. The fourth-order valence-corrected chi connectivity index (χ4v) is 2.28. The normalized spacial score (nSPS) is 10.9. The van der Waals surface area contributed by atoms with E-state index in [1.165, 1.54) is 0 Å². The Balaban J connectivity index is 1.93. The minimum Gasteiger partial charge on any atom is -0.423 e. The summed E-state index contributed by atoms with van der Waals surface area (Å²) in [4.78, 5) is 0. The molecular formula is C15H21BN2O3. The molecule has 21 heavy (non-hydrogen) atoms. The number of hydrogen-bond acceptors (Lipinski definition) is 5. The molecule has 0 saturated heterocycles. The molecular weight excluding hydrogens is 267 g/mol. The SMILES string of the molecule is CCc1noc(CC)c1CNCc1ccc(B(O)O)cc1. The number of benzene rings is 1. The summed E-state index contributed by atoms with van der Waals surface area (Å²) < 4.78 is 5.34. The molecule has 1 aromatic carbocycles. The van der Waals surface area contributed by atoms with Gasteiger partial charge in [-0.15, -0.1) is 0 Å². The van der Waals surface area contributed by atoms with E-state index in [-0.39, 0.29) is 0 Å². The Labute approximate surface area is 125 Å². The first-order valence-corrected chi connectivity index (χ1v) is 7.27. The Hall–Kier alpha value is -1.63. The van der Waals surface area contributed by atoms with Crippen LogP contribution in [-0.2, 0) is 25.9 Å². The molecule has 112 valence electrons. The van der Waals surface area contributed by atoms with Gasteiger partial charge in [-0.05, 0) is 17.4 Å². The summed E-state index contributed by atoms with van der Waals surface area (Å²) in [6.45, 7) is 5.56. The van der Waals surface area contributed by atoms with Crippen molar-refractivity contribution in [1.29, 1.82) is 0 Å². The van der Waals surface area contributed by atoms with E-state index in [0.717, 1.165) is 42.0 Å². The van der Waals surface area contributed by atoms with Crippen molar-refractivity contribution in [3.05, 3.63) is 46.8 Å². The summed E-state index contributed by atoms with van der Waals surface area (Å²) in [7, 11) is -1.41. The van der Waals surface area contributed by atoms with Gasteiger partial charge in [0.2, 0.25) is 0 Å². The second kappa shape index (κ2) is 7.40. The number of nitrogens with one attached hydrogen (secondary N) is 1. The molecule has 5 nitrogen and oxygen atoms in total. The summed E-state index contributed by atoms with van der Waals surface area (Å²) in [5, 5.41) is 25.6. The van der Waals surface area contributed by atoms with Crippen molar-refractivity contribution in [3.8, 4) is 0 Å². The molecule has 0 radical (unpaired) electrons. The molecule has 1 heterocycles. The third-order valence-electron chi connectivity index (χ3n) is 3.52. The fraction of sp³-hybridized carbons (Fsp3) is 0.400. The Morgan fingerprint density at radius 2 is 1.81 bits per heavy atom. The van der Waals surface area contributed by atoms with Crippen LogP contribution in [-0.4, -0.2) is 22.3 Å². The average Bonchev–Trinajstić information content (AvgIpc) is 2.90. The largest absolute Gasteiger partial charge is 0.488 e. The van der Waals surface area contributed by atoms with Crippen LogP contribution in [0.5, 0.6) is 0 Å². The minimum atomic E-state index is -1.41. The van der Waals surface area contributed by atoms with E-state index in [0.29, 0.717) is 12.0 Å². The van der Waals surface area contributed by atoms with Crippen molar-refractivity contribution in [2.24, 2.45) is 0 Å². The molecule has 2 rings (SSSR count). The van der Waals surface area contributed by atoms with Gasteiger partial charge in [0, 0.05) is 25.1 Å². The number of hydrogen-bond donors (Lipinski definition) is 3. The molecule has 0 bridgehead atoms. The first-order valence-electron chi connectivity index (χ1n) is 7.27. The Kier molecular flexibility index (Phi) is 5.55. The summed E-state index contributed by atoms with van der Waals surface area (Å²) in [6, 6.07) is 7.21. The summed E-state index contributed by atoms with van der Waals surface area (Å²) in [5.74, 6) is 0.943. The van der Waals surface area contributed by atoms with E-state index >= 15 is 0 Å². The highest BCUT2D eigenvalue weighted by Crippen LogP contribution is 2.15. The molecule has 0 atom stereocenters. The lowest BCUT2D eigenvalue weighted by atomic mass is 9.80. The zero-order valence-electron chi connectivity index (χ0n) is 12.5. The van der Waals surface area contributed by atoms with Crippen LogP contribution >= 0.6 is 0 Å². The van der Waals surface area contributed by atoms with Gasteiger partial charge < -0.3 is 19.9 Å². The fourth-order valence-electron chi connectivity index (χ4n) is 2.28. The Morgan fingerprint density at radius 1 is 1.10 bits per heavy atom. The lowest BCUT2D eigenvalue weighted by Crippen LogP contribution is -2.29. The van der Waals surface area contributed by atoms with Gasteiger partial charge >= 0.3 is 7.12 Å². The molecule has 2 aromatic rings. The van der Waals surface area contributed by atoms with Gasteiger partial charge in [-0.3, -0.25) is 0 Å². The first kappa shape index (κ1) is 15.8. The molecule has 0 amide bonds. The third kappa shape index (κ3) is 3.94. The maximum Gasteiger partial charge on any atom is 0.488 e. The van der Waals surface area contributed by atoms with Gasteiger partial charge in [0.05, 0.1) is 5.69 Å². The molecule has 0 aliphatic carbocycles. The smallest absolute Gasteiger partial charge is 0.423 e. The minimum absolute atomic E-state index is 0.499. The lowest BCUT2D eigenvalue weighted by Gasteiger charge is -2.07. The van der Waals surface area contributed by atoms with E-state index in [1.807, 2.05) is 12.1 Å². The van der Waals surface area contributed by atoms with E-state index in [1.54, 1.807) is 12.1 Å². The van der Waals surface area contributed by atoms with Crippen LogP contribution in [0.2, 0.25) is 0 Å². The predicted molar refractivity (Wildman–Crippen MR) is 82.1 cm³/mol. The molecule has 0 aliphatic heterocycles. The number of rotatable bonds is 7. The number of aromatic nitrogens is 1. The molecule has 3 N–H and O–H groups in total. The number of aryl methyl sites for hydroxylation is 2. The van der Waals surface area contributed by atoms with E-state index < -0.39 is 7.12 Å². The zero-order valence-corrected chi connectivity index (χ0v) is 12.5. The second-order valence-electron chi connectivity index (χ2n) is 4.96. The van der Waals surface area contributed by atoms with Crippen molar-refractivity contribution < 1.29 is 14.6 Å². The van der Waals surface area contributed by atoms with Crippen LogP contribution in [0.15, 0.2) is 28.8 Å². The molecule has 1 aromatic heterocycles. The molecule has 0 saturated carbocycles. The van der Waals surface area contributed by atoms with Crippen LogP contribution in [0.3, 0.4) is 0 Å². The zero-order chi connectivity index (χ0) is 15.2. The molecule has 0 fully saturated rings. The monoisotopic (exact) mass is 288 g/mol. The first-order chi connectivity index (χ1) is 10.2. The summed E-state index contributed by atoms with van der Waals surface area (Å²) in [6.07, 6.45) is 1.71. The van der Waals surface area contributed by atoms with Gasteiger partial charge in [-0.1, -0.05) is 43.3 Å². The molecule has 0 aliphatic rings. The third-order valence-corrected chi connectivity index (χ3v) is 3.52. The summed E-state index contributed by atoms with van der Waals surface area (Å²) >= 11 is 0. The number of nitrogens with zero attached hydrogens (tertiary/aromatic N) is 1. The highest BCUT2D eigenvalue weighted by atomic mass is 16.5. The van der Waals surface area contributed by atoms with Crippen molar-refractivity contribution in [1.82, 2.24) is 10.5 Å². The lowest BCUT2D eigenvalue weighted by molar-refractivity contribution is 0.379. The quantitative estimate of drug-likeness (QED) is 0.656. The van der Waals surface area contributed by atoms with E-state index in [4.69, 9.17) is 14.6 Å². The van der Waals surface area contributed by atoms with Crippen LogP contribution < -0.4 is 10.8 Å². The van der Waals surface area contributed by atoms with Gasteiger partial charge in [-0.2, -0.15) is 0 Å². The van der Waals surface area contributed by atoms with Crippen molar-refractivity contribution >= 4 is 12.6 Å². The maximum absolute atomic E-state index is 9.05. The van der Waals surface area contributed by atoms with Gasteiger partial charge in [0.1, 0.15) is 5.76 Å². The van der Waals surface area contributed by atoms with Crippen LogP contribution in [0.1, 0.15) is 36.4 Å². The molecule has 6 heteroatoms. The van der Waals surface area contributed by atoms with Crippen LogP contribution in [0.25, 0.3) is 0 Å². The molecule has 0 spiro atoms. The van der Waals surface area contributed by atoms with Crippen LogP contribution in [0.4, 0.5) is 0 Å². The van der Waals surface area contributed by atoms with E-state index in [9.17, 15) is 0 Å². The second-order valence-corrected chi connectivity index (χ2v) is 4.96. The van der Waals surface area contributed by atoms with Crippen LogP contribution in [0, 0.1) is 0 Å². The van der Waals surface area contributed by atoms with E-state index in [2.05, 4.69) is 24.3 Å². The highest BCUT2D eigenvalue weighted by Gasteiger charge is 2.13. The topological polar surface area (TPSA) is 78.5 Å². The highest BCUT2D eigenvalue weighted by molar-refractivity contribution is 6.58.